The van der Waals surface area contributed by atoms with Gasteiger partial charge < -0.3 is 15.8 Å². The molecule has 2 rings (SSSR count). The predicted molar refractivity (Wildman–Crippen MR) is 72.1 cm³/mol. The van der Waals surface area contributed by atoms with Crippen molar-refractivity contribution in [3.8, 4) is 5.75 Å². The van der Waals surface area contributed by atoms with Gasteiger partial charge in [-0.1, -0.05) is 11.6 Å². The molecule has 0 aromatic heterocycles. The van der Waals surface area contributed by atoms with Crippen molar-refractivity contribution in [2.75, 3.05) is 18.2 Å². The number of hydrogen-bond acceptors (Lipinski definition) is 3. The van der Waals surface area contributed by atoms with Gasteiger partial charge in [0.25, 0.3) is 0 Å². The number of benzene rings is 2. The molecule has 0 aliphatic rings. The summed E-state index contributed by atoms with van der Waals surface area (Å²) in [4.78, 5) is 0. The summed E-state index contributed by atoms with van der Waals surface area (Å²) in [6.45, 7) is 0. The van der Waals surface area contributed by atoms with E-state index in [-0.39, 0.29) is 5.82 Å². The van der Waals surface area contributed by atoms with Gasteiger partial charge in [-0.25, -0.2) is 4.39 Å². The summed E-state index contributed by atoms with van der Waals surface area (Å²) in [7, 11) is 1.52. The van der Waals surface area contributed by atoms with E-state index in [4.69, 9.17) is 22.1 Å². The number of methoxy groups -OCH3 is 1. The SMILES string of the molecule is COc1ccc(F)c(Nc2ccc(N)cc2Cl)c1. The van der Waals surface area contributed by atoms with Crippen LogP contribution in [-0.4, -0.2) is 7.11 Å². The van der Waals surface area contributed by atoms with Gasteiger partial charge >= 0.3 is 0 Å². The van der Waals surface area contributed by atoms with Crippen LogP contribution >= 0.6 is 11.6 Å². The summed E-state index contributed by atoms with van der Waals surface area (Å²) in [5, 5.41) is 3.33. The monoisotopic (exact) mass is 266 g/mol. The summed E-state index contributed by atoms with van der Waals surface area (Å²) in [6, 6.07) is 9.41. The minimum absolute atomic E-state index is 0.293. The molecule has 0 atom stereocenters. The molecule has 94 valence electrons. The van der Waals surface area contributed by atoms with Crippen molar-refractivity contribution < 1.29 is 9.13 Å². The maximum atomic E-state index is 13.6. The van der Waals surface area contributed by atoms with E-state index >= 15 is 0 Å². The highest BCUT2D eigenvalue weighted by Crippen LogP contribution is 2.30. The Morgan fingerprint density at radius 2 is 1.94 bits per heavy atom. The lowest BCUT2D eigenvalue weighted by Crippen LogP contribution is -1.96. The number of nitrogens with one attached hydrogen (secondary N) is 1. The van der Waals surface area contributed by atoms with Gasteiger partial charge in [0, 0.05) is 11.8 Å². The van der Waals surface area contributed by atoms with Crippen molar-refractivity contribution in [3.05, 3.63) is 47.2 Å². The molecule has 0 radical (unpaired) electrons. The topological polar surface area (TPSA) is 47.3 Å². The molecule has 0 bridgehead atoms. The van der Waals surface area contributed by atoms with E-state index < -0.39 is 0 Å². The highest BCUT2D eigenvalue weighted by Gasteiger charge is 2.07. The number of ether oxygens (including phenoxy) is 1. The lowest BCUT2D eigenvalue weighted by Gasteiger charge is -2.11. The van der Waals surface area contributed by atoms with E-state index in [0.29, 0.717) is 27.8 Å². The number of hydrogen-bond donors (Lipinski definition) is 2. The van der Waals surface area contributed by atoms with Crippen LogP contribution in [0.25, 0.3) is 0 Å². The lowest BCUT2D eigenvalue weighted by molar-refractivity contribution is 0.414. The third kappa shape index (κ3) is 2.65. The zero-order valence-electron chi connectivity index (χ0n) is 9.71. The summed E-state index contributed by atoms with van der Waals surface area (Å²) in [5.41, 5.74) is 7.02. The molecule has 0 saturated carbocycles. The fourth-order valence-electron chi connectivity index (χ4n) is 1.50. The number of halogens is 2. The van der Waals surface area contributed by atoms with Gasteiger partial charge in [-0.15, -0.1) is 0 Å². The fraction of sp³-hybridized carbons (Fsp3) is 0.0769. The Morgan fingerprint density at radius 1 is 1.17 bits per heavy atom. The second kappa shape index (κ2) is 5.14. The molecule has 2 aromatic rings. The van der Waals surface area contributed by atoms with Crippen LogP contribution in [0.1, 0.15) is 0 Å². The van der Waals surface area contributed by atoms with Crippen molar-refractivity contribution >= 4 is 28.7 Å². The second-order valence-corrected chi connectivity index (χ2v) is 4.12. The molecule has 0 spiro atoms. The Labute approximate surface area is 109 Å². The van der Waals surface area contributed by atoms with Crippen LogP contribution in [-0.2, 0) is 0 Å². The van der Waals surface area contributed by atoms with E-state index in [1.165, 1.54) is 13.2 Å². The summed E-state index contributed by atoms with van der Waals surface area (Å²) in [5.74, 6) is 0.175. The van der Waals surface area contributed by atoms with E-state index in [1.807, 2.05) is 0 Å². The van der Waals surface area contributed by atoms with Crippen LogP contribution in [0.2, 0.25) is 5.02 Å². The van der Waals surface area contributed by atoms with Crippen LogP contribution in [0.15, 0.2) is 36.4 Å². The first-order chi connectivity index (χ1) is 8.60. The molecule has 0 amide bonds. The maximum Gasteiger partial charge on any atom is 0.146 e. The quantitative estimate of drug-likeness (QED) is 0.831. The smallest absolute Gasteiger partial charge is 0.146 e. The number of nitrogen functional groups attached to an aromatic ring is 1. The van der Waals surface area contributed by atoms with Gasteiger partial charge in [-0.05, 0) is 30.3 Å². The number of anilines is 3. The minimum atomic E-state index is -0.385. The van der Waals surface area contributed by atoms with Crippen LogP contribution in [0.5, 0.6) is 5.75 Å². The predicted octanol–water partition coefficient (Wildman–Crippen LogP) is 3.81. The van der Waals surface area contributed by atoms with Gasteiger partial charge in [-0.3, -0.25) is 0 Å². The highest BCUT2D eigenvalue weighted by molar-refractivity contribution is 6.33. The molecular formula is C13H12ClFN2O. The van der Waals surface area contributed by atoms with Crippen LogP contribution in [0.3, 0.4) is 0 Å². The Balaban J connectivity index is 2.33. The standard InChI is InChI=1S/C13H12ClFN2O/c1-18-9-3-4-11(15)13(7-9)17-12-5-2-8(16)6-10(12)14/h2-7,17H,16H2,1H3. The molecule has 5 heteroatoms. The lowest BCUT2D eigenvalue weighted by atomic mass is 10.2. The molecule has 18 heavy (non-hydrogen) atoms. The average Bonchev–Trinajstić information content (AvgIpc) is 2.35. The first kappa shape index (κ1) is 12.5. The summed E-state index contributed by atoms with van der Waals surface area (Å²) >= 11 is 6.01. The van der Waals surface area contributed by atoms with Crippen molar-refractivity contribution in [2.24, 2.45) is 0 Å². The largest absolute Gasteiger partial charge is 0.497 e. The Hall–Kier alpha value is -1.94. The minimum Gasteiger partial charge on any atom is -0.497 e. The zero-order valence-corrected chi connectivity index (χ0v) is 10.5. The van der Waals surface area contributed by atoms with E-state index in [9.17, 15) is 4.39 Å². The van der Waals surface area contributed by atoms with Crippen LogP contribution < -0.4 is 15.8 Å². The molecule has 0 unspecified atom stereocenters. The van der Waals surface area contributed by atoms with Crippen LogP contribution in [0.4, 0.5) is 21.5 Å². The zero-order chi connectivity index (χ0) is 13.1. The van der Waals surface area contributed by atoms with Gasteiger partial charge in [0.15, 0.2) is 0 Å². The first-order valence-corrected chi connectivity index (χ1v) is 5.63. The highest BCUT2D eigenvalue weighted by atomic mass is 35.5. The average molecular weight is 267 g/mol. The van der Waals surface area contributed by atoms with Crippen molar-refractivity contribution in [2.45, 2.75) is 0 Å². The van der Waals surface area contributed by atoms with Gasteiger partial charge in [0.05, 0.1) is 23.5 Å². The van der Waals surface area contributed by atoms with Crippen LogP contribution in [0, 0.1) is 5.82 Å². The van der Waals surface area contributed by atoms with E-state index in [0.717, 1.165) is 0 Å². The molecule has 3 nitrogen and oxygen atoms in total. The Bertz CT molecular complexity index is 575. The van der Waals surface area contributed by atoms with Gasteiger partial charge in [-0.2, -0.15) is 0 Å². The number of nitrogens with two attached hydrogens (primary N) is 1. The normalized spacial score (nSPS) is 10.2. The van der Waals surface area contributed by atoms with E-state index in [1.54, 1.807) is 30.3 Å². The summed E-state index contributed by atoms with van der Waals surface area (Å²) < 4.78 is 18.7. The Morgan fingerprint density at radius 3 is 2.61 bits per heavy atom. The molecule has 3 N–H and O–H groups in total. The third-order valence-corrected chi connectivity index (χ3v) is 2.75. The molecule has 0 aliphatic carbocycles. The molecule has 0 heterocycles. The van der Waals surface area contributed by atoms with Crippen molar-refractivity contribution in [1.82, 2.24) is 0 Å². The number of rotatable bonds is 3. The first-order valence-electron chi connectivity index (χ1n) is 5.26. The Kier molecular flexibility index (Phi) is 3.58. The van der Waals surface area contributed by atoms with Crippen molar-refractivity contribution in [3.63, 3.8) is 0 Å². The molecule has 2 aromatic carbocycles. The van der Waals surface area contributed by atoms with Gasteiger partial charge in [0.1, 0.15) is 11.6 Å². The van der Waals surface area contributed by atoms with Gasteiger partial charge in [0.2, 0.25) is 0 Å². The third-order valence-electron chi connectivity index (χ3n) is 2.44. The molecular weight excluding hydrogens is 255 g/mol. The molecule has 0 saturated heterocycles. The molecule has 0 aliphatic heterocycles. The second-order valence-electron chi connectivity index (χ2n) is 3.71. The molecule has 0 fully saturated rings. The van der Waals surface area contributed by atoms with E-state index in [2.05, 4.69) is 5.32 Å². The summed E-state index contributed by atoms with van der Waals surface area (Å²) in [6.07, 6.45) is 0. The fourth-order valence-corrected chi connectivity index (χ4v) is 1.74. The van der Waals surface area contributed by atoms with Crippen molar-refractivity contribution in [1.29, 1.82) is 0 Å². The maximum absolute atomic E-state index is 13.6.